The van der Waals surface area contributed by atoms with E-state index in [1.165, 1.54) is 11.4 Å². The number of hydrogen-bond acceptors (Lipinski definition) is 4. The molecule has 0 fully saturated rings. The Balaban J connectivity index is 1.82. The predicted octanol–water partition coefficient (Wildman–Crippen LogP) is 2.91. The maximum absolute atomic E-state index is 13.8. The van der Waals surface area contributed by atoms with Gasteiger partial charge in [0, 0.05) is 10.9 Å². The van der Waals surface area contributed by atoms with Gasteiger partial charge in [-0.15, -0.1) is 11.3 Å². The van der Waals surface area contributed by atoms with E-state index in [4.69, 9.17) is 5.73 Å². The predicted molar refractivity (Wildman–Crippen MR) is 93.4 cm³/mol. The maximum Gasteiger partial charge on any atom is 0.271 e. The molecule has 3 N–H and O–H groups in total. The minimum atomic E-state index is -0.965. The van der Waals surface area contributed by atoms with E-state index in [1.807, 2.05) is 0 Å². The molecule has 1 unspecified atom stereocenters. The molecule has 1 aromatic heterocycles. The molecule has 0 radical (unpaired) electrons. The SMILES string of the molecule is NC(=O)C(NC(=O)c1csc(-c2ccccc2F)n1)c1ccccc1. The second kappa shape index (κ2) is 7.23. The Morgan fingerprint density at radius 3 is 2.44 bits per heavy atom. The van der Waals surface area contributed by atoms with Crippen LogP contribution in [0.1, 0.15) is 22.1 Å². The molecule has 0 saturated carbocycles. The molecule has 0 aliphatic carbocycles. The minimum absolute atomic E-state index is 0.102. The van der Waals surface area contributed by atoms with E-state index in [2.05, 4.69) is 10.3 Å². The molecule has 3 rings (SSSR count). The number of nitrogens with two attached hydrogens (primary N) is 1. The van der Waals surface area contributed by atoms with Crippen molar-refractivity contribution in [3.63, 3.8) is 0 Å². The van der Waals surface area contributed by atoms with Crippen molar-refractivity contribution in [2.24, 2.45) is 5.73 Å². The molecule has 3 aromatic rings. The monoisotopic (exact) mass is 355 g/mol. The van der Waals surface area contributed by atoms with E-state index >= 15 is 0 Å². The highest BCUT2D eigenvalue weighted by Crippen LogP contribution is 2.26. The summed E-state index contributed by atoms with van der Waals surface area (Å²) >= 11 is 1.15. The Labute approximate surface area is 147 Å². The molecule has 2 aromatic carbocycles. The van der Waals surface area contributed by atoms with E-state index in [9.17, 15) is 14.0 Å². The van der Waals surface area contributed by atoms with Gasteiger partial charge in [-0.25, -0.2) is 9.37 Å². The first-order valence-electron chi connectivity index (χ1n) is 7.42. The first-order chi connectivity index (χ1) is 12.1. The number of aromatic nitrogens is 1. The zero-order valence-electron chi connectivity index (χ0n) is 13.0. The Bertz CT molecular complexity index is 911. The second-order valence-corrected chi connectivity index (χ2v) is 6.10. The number of amides is 2. The lowest BCUT2D eigenvalue weighted by molar-refractivity contribution is -0.120. The van der Waals surface area contributed by atoms with Crippen molar-refractivity contribution in [3.8, 4) is 10.6 Å². The first-order valence-corrected chi connectivity index (χ1v) is 8.30. The lowest BCUT2D eigenvalue weighted by atomic mass is 10.1. The zero-order chi connectivity index (χ0) is 17.8. The molecule has 25 heavy (non-hydrogen) atoms. The van der Waals surface area contributed by atoms with Gasteiger partial charge in [-0.2, -0.15) is 0 Å². The lowest BCUT2D eigenvalue weighted by Gasteiger charge is -2.14. The smallest absolute Gasteiger partial charge is 0.271 e. The van der Waals surface area contributed by atoms with Crippen LogP contribution in [-0.4, -0.2) is 16.8 Å². The van der Waals surface area contributed by atoms with Crippen molar-refractivity contribution >= 4 is 23.2 Å². The van der Waals surface area contributed by atoms with Crippen LogP contribution in [0.5, 0.6) is 0 Å². The average molecular weight is 355 g/mol. The molecule has 1 heterocycles. The van der Waals surface area contributed by atoms with Gasteiger partial charge in [-0.05, 0) is 17.7 Å². The fourth-order valence-electron chi connectivity index (χ4n) is 2.31. The molecule has 0 aliphatic heterocycles. The van der Waals surface area contributed by atoms with Gasteiger partial charge in [-0.3, -0.25) is 9.59 Å². The maximum atomic E-state index is 13.8. The van der Waals surface area contributed by atoms with Gasteiger partial charge in [0.05, 0.1) is 0 Å². The van der Waals surface area contributed by atoms with Gasteiger partial charge >= 0.3 is 0 Å². The van der Waals surface area contributed by atoms with E-state index in [1.54, 1.807) is 48.5 Å². The number of hydrogen-bond donors (Lipinski definition) is 2. The summed E-state index contributed by atoms with van der Waals surface area (Å²) in [5.41, 5.74) is 6.39. The van der Waals surface area contributed by atoms with E-state index in [-0.39, 0.29) is 5.69 Å². The van der Waals surface area contributed by atoms with Crippen molar-refractivity contribution in [1.29, 1.82) is 0 Å². The first kappa shape index (κ1) is 16.8. The van der Waals surface area contributed by atoms with Crippen LogP contribution in [0.25, 0.3) is 10.6 Å². The van der Waals surface area contributed by atoms with Gasteiger partial charge in [0.2, 0.25) is 5.91 Å². The molecule has 5 nitrogen and oxygen atoms in total. The molecule has 0 saturated heterocycles. The van der Waals surface area contributed by atoms with Gasteiger partial charge < -0.3 is 11.1 Å². The molecule has 7 heteroatoms. The topological polar surface area (TPSA) is 85.1 Å². The number of primary amides is 1. The third-order valence-corrected chi connectivity index (χ3v) is 4.41. The molecule has 0 aliphatic rings. The Morgan fingerprint density at radius 1 is 1.08 bits per heavy atom. The summed E-state index contributed by atoms with van der Waals surface area (Å²) in [6.07, 6.45) is 0. The van der Waals surface area contributed by atoms with E-state index < -0.39 is 23.7 Å². The minimum Gasteiger partial charge on any atom is -0.368 e. The zero-order valence-corrected chi connectivity index (χ0v) is 13.8. The number of carbonyl (C=O) groups is 2. The number of halogens is 1. The quantitative estimate of drug-likeness (QED) is 0.738. The Hall–Kier alpha value is -3.06. The van der Waals surface area contributed by atoms with Crippen LogP contribution < -0.4 is 11.1 Å². The highest BCUT2D eigenvalue weighted by atomic mass is 32.1. The third kappa shape index (κ3) is 3.72. The fraction of sp³-hybridized carbons (Fsp3) is 0.0556. The number of carbonyl (C=O) groups excluding carboxylic acids is 2. The summed E-state index contributed by atoms with van der Waals surface area (Å²) in [6.45, 7) is 0. The van der Waals surface area contributed by atoms with Crippen LogP contribution in [0, 0.1) is 5.82 Å². The standard InChI is InChI=1S/C18H14FN3O2S/c19-13-9-5-4-8-12(13)18-21-14(10-25-18)17(24)22-15(16(20)23)11-6-2-1-3-7-11/h1-10,15H,(H2,20,23)(H,22,24). The van der Waals surface area contributed by atoms with Gasteiger partial charge in [-0.1, -0.05) is 42.5 Å². The molecule has 0 spiro atoms. The van der Waals surface area contributed by atoms with Gasteiger partial charge in [0.15, 0.2) is 0 Å². The van der Waals surface area contributed by atoms with Crippen LogP contribution in [0.2, 0.25) is 0 Å². The molecule has 1 atom stereocenters. The van der Waals surface area contributed by atoms with Crippen molar-refractivity contribution in [3.05, 3.63) is 77.1 Å². The summed E-state index contributed by atoms with van der Waals surface area (Å²) in [4.78, 5) is 28.2. The summed E-state index contributed by atoms with van der Waals surface area (Å²) in [5, 5.41) is 4.47. The summed E-state index contributed by atoms with van der Waals surface area (Å²) in [7, 11) is 0. The van der Waals surface area contributed by atoms with Gasteiger partial charge in [0.25, 0.3) is 5.91 Å². The summed E-state index contributed by atoms with van der Waals surface area (Å²) in [6, 6.07) is 13.9. The lowest BCUT2D eigenvalue weighted by Crippen LogP contribution is -2.37. The average Bonchev–Trinajstić information content (AvgIpc) is 3.10. The van der Waals surface area contributed by atoms with Crippen molar-refractivity contribution in [2.45, 2.75) is 6.04 Å². The van der Waals surface area contributed by atoms with Crippen LogP contribution in [0.3, 0.4) is 0 Å². The van der Waals surface area contributed by atoms with Crippen molar-refractivity contribution in [2.75, 3.05) is 0 Å². The highest BCUT2D eigenvalue weighted by molar-refractivity contribution is 7.13. The number of benzene rings is 2. The molecule has 126 valence electrons. The molecular formula is C18H14FN3O2S. The fourth-order valence-corrected chi connectivity index (χ4v) is 3.13. The Kier molecular flexibility index (Phi) is 4.85. The van der Waals surface area contributed by atoms with Crippen LogP contribution in [0.15, 0.2) is 60.0 Å². The summed E-state index contributed by atoms with van der Waals surface area (Å²) < 4.78 is 13.8. The number of rotatable bonds is 5. The van der Waals surface area contributed by atoms with Crippen LogP contribution in [-0.2, 0) is 4.79 Å². The molecule has 2 amide bonds. The number of thiazole rings is 1. The largest absolute Gasteiger partial charge is 0.368 e. The van der Waals surface area contributed by atoms with Gasteiger partial charge in [0.1, 0.15) is 22.6 Å². The highest BCUT2D eigenvalue weighted by Gasteiger charge is 2.22. The van der Waals surface area contributed by atoms with Crippen LogP contribution >= 0.6 is 11.3 Å². The second-order valence-electron chi connectivity index (χ2n) is 5.24. The van der Waals surface area contributed by atoms with Crippen molar-refractivity contribution in [1.82, 2.24) is 10.3 Å². The van der Waals surface area contributed by atoms with E-state index in [0.29, 0.717) is 16.1 Å². The summed E-state index contributed by atoms with van der Waals surface area (Å²) in [5.74, 6) is -1.64. The van der Waals surface area contributed by atoms with E-state index in [0.717, 1.165) is 11.3 Å². The molecule has 0 bridgehead atoms. The Morgan fingerprint density at radius 2 is 1.76 bits per heavy atom. The van der Waals surface area contributed by atoms with Crippen molar-refractivity contribution < 1.29 is 14.0 Å². The van der Waals surface area contributed by atoms with Crippen LogP contribution in [0.4, 0.5) is 4.39 Å². The number of nitrogens with zero attached hydrogens (tertiary/aromatic N) is 1. The number of nitrogens with one attached hydrogen (secondary N) is 1. The molecular weight excluding hydrogens is 341 g/mol. The third-order valence-electron chi connectivity index (χ3n) is 3.53. The normalized spacial score (nSPS) is 11.7.